The van der Waals surface area contributed by atoms with Crippen molar-refractivity contribution in [2.24, 2.45) is 0 Å². The first-order valence-electron chi connectivity index (χ1n) is 8.81. The molecule has 0 unspecified atom stereocenters. The van der Waals surface area contributed by atoms with E-state index in [1.807, 2.05) is 0 Å². The van der Waals surface area contributed by atoms with Crippen LogP contribution in [-0.4, -0.2) is 32.5 Å². The van der Waals surface area contributed by atoms with Gasteiger partial charge in [-0.15, -0.1) is 0 Å². The first kappa shape index (κ1) is 20.8. The molecule has 1 aromatic heterocycles. The van der Waals surface area contributed by atoms with Crippen molar-refractivity contribution in [3.8, 4) is 5.75 Å². The molecule has 1 amide bonds. The van der Waals surface area contributed by atoms with Crippen molar-refractivity contribution in [2.75, 3.05) is 13.2 Å². The molecule has 0 fully saturated rings. The Balaban J connectivity index is 1.71. The molecule has 0 aliphatic rings. The topological polar surface area (TPSA) is 85.4 Å². The predicted octanol–water partition coefficient (Wildman–Crippen LogP) is 3.45. The zero-order valence-electron chi connectivity index (χ0n) is 15.4. The van der Waals surface area contributed by atoms with E-state index in [0.29, 0.717) is 16.3 Å². The third kappa shape index (κ3) is 5.56. The van der Waals surface area contributed by atoms with Crippen molar-refractivity contribution in [3.05, 3.63) is 89.7 Å². The molecule has 2 aromatic carbocycles. The van der Waals surface area contributed by atoms with Crippen LogP contribution in [0.3, 0.4) is 0 Å². The van der Waals surface area contributed by atoms with E-state index in [1.165, 1.54) is 18.3 Å². The maximum absolute atomic E-state index is 13.1. The van der Waals surface area contributed by atoms with Gasteiger partial charge in [-0.2, -0.15) is 0 Å². The number of amides is 1. The first-order chi connectivity index (χ1) is 14.0. The second-order valence-corrected chi connectivity index (χ2v) is 8.75. The van der Waals surface area contributed by atoms with E-state index < -0.39 is 21.0 Å². The van der Waals surface area contributed by atoms with Gasteiger partial charge in [0.05, 0.1) is 4.90 Å². The normalized spacial score (nSPS) is 12.2. The number of nitrogens with zero attached hydrogens (tertiary/aromatic N) is 1. The van der Waals surface area contributed by atoms with Gasteiger partial charge in [-0.05, 0) is 48.0 Å². The summed E-state index contributed by atoms with van der Waals surface area (Å²) in [6, 6.07) is 18.1. The van der Waals surface area contributed by atoms with Crippen LogP contribution in [-0.2, 0) is 14.6 Å². The summed E-state index contributed by atoms with van der Waals surface area (Å²) in [6.45, 7) is -0.349. The molecule has 1 N–H and O–H groups in total. The first-order valence-corrected chi connectivity index (χ1v) is 10.7. The van der Waals surface area contributed by atoms with Gasteiger partial charge in [0.25, 0.3) is 5.91 Å². The number of ether oxygens (including phenoxy) is 1. The second kappa shape index (κ2) is 9.54. The van der Waals surface area contributed by atoms with Crippen molar-refractivity contribution >= 4 is 27.3 Å². The number of aromatic nitrogens is 1. The molecule has 0 aliphatic heterocycles. The van der Waals surface area contributed by atoms with Crippen LogP contribution in [0.4, 0.5) is 0 Å². The van der Waals surface area contributed by atoms with Gasteiger partial charge < -0.3 is 10.1 Å². The summed E-state index contributed by atoms with van der Waals surface area (Å²) in [5.74, 6) is 0.0577. The molecule has 0 aliphatic carbocycles. The SMILES string of the molecule is O=C(COc1ccc(Cl)cc1)NC[C@@H](c1cccnc1)S(=O)(=O)c1ccccc1. The van der Waals surface area contributed by atoms with Gasteiger partial charge in [0.1, 0.15) is 11.0 Å². The van der Waals surface area contributed by atoms with Crippen LogP contribution < -0.4 is 10.1 Å². The number of hydrogen-bond acceptors (Lipinski definition) is 5. The highest BCUT2D eigenvalue weighted by atomic mass is 35.5. The molecular weight excluding hydrogens is 412 g/mol. The largest absolute Gasteiger partial charge is 0.484 e. The lowest BCUT2D eigenvalue weighted by molar-refractivity contribution is -0.123. The minimum absolute atomic E-state index is 0.105. The Labute approximate surface area is 174 Å². The summed E-state index contributed by atoms with van der Waals surface area (Å²) >= 11 is 5.81. The quantitative estimate of drug-likeness (QED) is 0.591. The summed E-state index contributed by atoms with van der Waals surface area (Å²) in [6.07, 6.45) is 3.05. The van der Waals surface area contributed by atoms with Gasteiger partial charge in [0, 0.05) is 24.0 Å². The Kier molecular flexibility index (Phi) is 6.85. The lowest BCUT2D eigenvalue weighted by atomic mass is 10.2. The lowest BCUT2D eigenvalue weighted by Gasteiger charge is -2.19. The monoisotopic (exact) mass is 430 g/mol. The molecule has 0 radical (unpaired) electrons. The number of sulfone groups is 1. The van der Waals surface area contributed by atoms with Crippen molar-refractivity contribution < 1.29 is 17.9 Å². The van der Waals surface area contributed by atoms with Crippen molar-refractivity contribution in [3.63, 3.8) is 0 Å². The smallest absolute Gasteiger partial charge is 0.257 e. The number of carbonyl (C=O) groups excluding carboxylic acids is 1. The van der Waals surface area contributed by atoms with Crippen molar-refractivity contribution in [2.45, 2.75) is 10.1 Å². The third-order valence-electron chi connectivity index (χ3n) is 4.17. The van der Waals surface area contributed by atoms with E-state index in [9.17, 15) is 13.2 Å². The second-order valence-electron chi connectivity index (χ2n) is 6.18. The average Bonchev–Trinajstić information content (AvgIpc) is 2.75. The fourth-order valence-electron chi connectivity index (χ4n) is 2.68. The Morgan fingerprint density at radius 3 is 2.41 bits per heavy atom. The van der Waals surface area contributed by atoms with Crippen LogP contribution in [0.5, 0.6) is 5.75 Å². The molecule has 3 rings (SSSR count). The zero-order chi connectivity index (χ0) is 20.7. The summed E-state index contributed by atoms with van der Waals surface area (Å²) in [7, 11) is -3.73. The Bertz CT molecular complexity index is 1040. The van der Waals surface area contributed by atoms with Crippen LogP contribution in [0.2, 0.25) is 5.02 Å². The molecule has 3 aromatic rings. The summed E-state index contributed by atoms with van der Waals surface area (Å²) in [5, 5.41) is 2.23. The number of benzene rings is 2. The molecule has 29 heavy (non-hydrogen) atoms. The maximum atomic E-state index is 13.1. The molecule has 0 saturated carbocycles. The average molecular weight is 431 g/mol. The number of nitrogens with one attached hydrogen (secondary N) is 1. The Morgan fingerprint density at radius 1 is 1.03 bits per heavy atom. The van der Waals surface area contributed by atoms with Gasteiger partial charge in [0.2, 0.25) is 0 Å². The van der Waals surface area contributed by atoms with Gasteiger partial charge in [-0.25, -0.2) is 8.42 Å². The summed E-state index contributed by atoms with van der Waals surface area (Å²) in [4.78, 5) is 16.4. The molecule has 150 valence electrons. The fraction of sp³-hybridized carbons (Fsp3) is 0.143. The molecule has 0 spiro atoms. The van der Waals surface area contributed by atoms with Crippen molar-refractivity contribution in [1.29, 1.82) is 0 Å². The number of rotatable bonds is 8. The minimum Gasteiger partial charge on any atom is -0.484 e. The van der Waals surface area contributed by atoms with Crippen LogP contribution in [0, 0.1) is 0 Å². The molecule has 1 atom stereocenters. The number of carbonyl (C=O) groups is 1. The minimum atomic E-state index is -3.73. The highest BCUT2D eigenvalue weighted by molar-refractivity contribution is 7.91. The highest BCUT2D eigenvalue weighted by Gasteiger charge is 2.29. The summed E-state index contributed by atoms with van der Waals surface area (Å²) in [5.41, 5.74) is 0.496. The van der Waals surface area contributed by atoms with Crippen molar-refractivity contribution in [1.82, 2.24) is 10.3 Å². The standard InChI is InChI=1S/C21H19ClN2O4S/c22-17-8-10-18(11-9-17)28-15-21(25)24-14-20(16-5-4-12-23-13-16)29(26,27)19-6-2-1-3-7-19/h1-13,20H,14-15H2,(H,24,25)/t20-/m0/s1. The molecular formula is C21H19ClN2O4S. The molecule has 6 nitrogen and oxygen atoms in total. The van der Waals surface area contributed by atoms with Crippen LogP contribution in [0.15, 0.2) is 84.0 Å². The third-order valence-corrected chi connectivity index (χ3v) is 6.54. The predicted molar refractivity (Wildman–Crippen MR) is 111 cm³/mol. The molecule has 1 heterocycles. The van der Waals surface area contributed by atoms with E-state index in [1.54, 1.807) is 60.8 Å². The van der Waals surface area contributed by atoms with Crippen LogP contribution in [0.1, 0.15) is 10.8 Å². The highest BCUT2D eigenvalue weighted by Crippen LogP contribution is 2.28. The summed E-state index contributed by atoms with van der Waals surface area (Å²) < 4.78 is 31.7. The number of halogens is 1. The fourth-order valence-corrected chi connectivity index (χ4v) is 4.48. The van der Waals surface area contributed by atoms with E-state index in [4.69, 9.17) is 16.3 Å². The van der Waals surface area contributed by atoms with Gasteiger partial charge in [-0.1, -0.05) is 35.9 Å². The van der Waals surface area contributed by atoms with E-state index in [2.05, 4.69) is 10.3 Å². The Hall–Kier alpha value is -2.90. The van der Waals surface area contributed by atoms with E-state index in [0.717, 1.165) is 0 Å². The van der Waals surface area contributed by atoms with Gasteiger partial charge >= 0.3 is 0 Å². The van der Waals surface area contributed by atoms with E-state index in [-0.39, 0.29) is 18.0 Å². The molecule has 8 heteroatoms. The van der Waals surface area contributed by atoms with Gasteiger partial charge in [-0.3, -0.25) is 9.78 Å². The van der Waals surface area contributed by atoms with E-state index >= 15 is 0 Å². The zero-order valence-corrected chi connectivity index (χ0v) is 16.9. The molecule has 0 bridgehead atoms. The molecule has 0 saturated heterocycles. The van der Waals surface area contributed by atoms with Crippen LogP contribution >= 0.6 is 11.6 Å². The lowest BCUT2D eigenvalue weighted by Crippen LogP contribution is -2.35. The Morgan fingerprint density at radius 2 is 1.76 bits per heavy atom. The number of hydrogen-bond donors (Lipinski definition) is 1. The maximum Gasteiger partial charge on any atom is 0.257 e. The van der Waals surface area contributed by atoms with Gasteiger partial charge in [0.15, 0.2) is 16.4 Å². The number of pyridine rings is 1. The van der Waals surface area contributed by atoms with Crippen LogP contribution in [0.25, 0.3) is 0 Å².